The van der Waals surface area contributed by atoms with Crippen molar-refractivity contribution in [3.05, 3.63) is 56.2 Å². The van der Waals surface area contributed by atoms with Crippen molar-refractivity contribution in [1.82, 2.24) is 0 Å². The molecule has 0 fully saturated rings. The van der Waals surface area contributed by atoms with Crippen LogP contribution in [0.3, 0.4) is 0 Å². The lowest BCUT2D eigenvalue weighted by molar-refractivity contribution is 0.501. The molecule has 0 aliphatic rings. The third kappa shape index (κ3) is 2.21. The average molecular weight is 368 g/mol. The lowest BCUT2D eigenvalue weighted by Crippen LogP contribution is -1.97. The monoisotopic (exact) mass is 366 g/mol. The van der Waals surface area contributed by atoms with Crippen molar-refractivity contribution in [1.29, 1.82) is 0 Å². The fraction of sp³-hybridized carbons (Fsp3) is 0.0909. The first-order chi connectivity index (χ1) is 7.61. The summed E-state index contributed by atoms with van der Waals surface area (Å²) in [6, 6.07) is 6.07. The van der Waals surface area contributed by atoms with Crippen LogP contribution < -0.4 is 0 Å². The van der Waals surface area contributed by atoms with E-state index in [-0.39, 0.29) is 4.83 Å². The molecule has 2 rings (SSSR count). The van der Waals surface area contributed by atoms with Crippen LogP contribution in [0.2, 0.25) is 0 Å². The molecule has 0 saturated heterocycles. The molecule has 5 heteroatoms. The Balaban J connectivity index is 2.46. The molecule has 1 heterocycles. The van der Waals surface area contributed by atoms with Crippen LogP contribution in [-0.4, -0.2) is 0 Å². The van der Waals surface area contributed by atoms with Gasteiger partial charge in [-0.15, -0.1) is 11.3 Å². The second kappa shape index (κ2) is 4.94. The molecule has 1 unspecified atom stereocenters. The highest BCUT2D eigenvalue weighted by atomic mass is 79.9. The minimum absolute atomic E-state index is 0.308. The fourth-order valence-electron chi connectivity index (χ4n) is 1.34. The van der Waals surface area contributed by atoms with Crippen LogP contribution in [0.25, 0.3) is 0 Å². The summed E-state index contributed by atoms with van der Waals surface area (Å²) in [6.45, 7) is 0. The SMILES string of the molecule is Fc1cccc(C(Br)c2sccc2Br)c1F. The third-order valence-corrected chi connectivity index (χ3v) is 5.32. The predicted octanol–water partition coefficient (Wildman–Crippen LogP) is 5.27. The van der Waals surface area contributed by atoms with E-state index in [0.29, 0.717) is 5.56 Å². The average Bonchev–Trinajstić information content (AvgIpc) is 2.68. The normalized spacial score (nSPS) is 12.8. The number of thiophene rings is 1. The van der Waals surface area contributed by atoms with E-state index < -0.39 is 11.6 Å². The molecule has 0 saturated carbocycles. The summed E-state index contributed by atoms with van der Waals surface area (Å²) >= 11 is 8.24. The number of alkyl halides is 1. The molecule has 1 aromatic carbocycles. The summed E-state index contributed by atoms with van der Waals surface area (Å²) in [7, 11) is 0. The predicted molar refractivity (Wildman–Crippen MR) is 69.1 cm³/mol. The van der Waals surface area contributed by atoms with Gasteiger partial charge in [-0.05, 0) is 33.4 Å². The largest absolute Gasteiger partial charge is 0.204 e. The van der Waals surface area contributed by atoms with Gasteiger partial charge >= 0.3 is 0 Å². The first-order valence-electron chi connectivity index (χ1n) is 4.42. The van der Waals surface area contributed by atoms with Gasteiger partial charge in [0.25, 0.3) is 0 Å². The molecule has 2 aromatic rings. The second-order valence-corrected chi connectivity index (χ2v) is 5.86. The molecular weight excluding hydrogens is 362 g/mol. The van der Waals surface area contributed by atoms with E-state index in [1.165, 1.54) is 17.4 Å². The van der Waals surface area contributed by atoms with Gasteiger partial charge in [0.1, 0.15) is 0 Å². The molecule has 0 aliphatic carbocycles. The van der Waals surface area contributed by atoms with E-state index in [0.717, 1.165) is 15.4 Å². The highest BCUT2D eigenvalue weighted by Crippen LogP contribution is 2.39. The van der Waals surface area contributed by atoms with Crippen molar-refractivity contribution in [2.45, 2.75) is 4.83 Å². The van der Waals surface area contributed by atoms with Gasteiger partial charge in [0.2, 0.25) is 0 Å². The molecule has 0 bridgehead atoms. The molecule has 0 nitrogen and oxygen atoms in total. The maximum absolute atomic E-state index is 13.6. The summed E-state index contributed by atoms with van der Waals surface area (Å²) in [4.78, 5) is 0.585. The number of hydrogen-bond acceptors (Lipinski definition) is 1. The Morgan fingerprint density at radius 3 is 2.56 bits per heavy atom. The summed E-state index contributed by atoms with van der Waals surface area (Å²) in [6.07, 6.45) is 0. The quantitative estimate of drug-likeness (QED) is 0.634. The number of benzene rings is 1. The Morgan fingerprint density at radius 1 is 1.19 bits per heavy atom. The van der Waals surface area contributed by atoms with E-state index >= 15 is 0 Å². The molecule has 0 spiro atoms. The molecule has 0 N–H and O–H groups in total. The Labute approximate surface area is 113 Å². The zero-order valence-electron chi connectivity index (χ0n) is 7.88. The Morgan fingerprint density at radius 2 is 1.94 bits per heavy atom. The lowest BCUT2D eigenvalue weighted by atomic mass is 10.1. The molecule has 0 amide bonds. The molecule has 0 radical (unpaired) electrons. The number of rotatable bonds is 2. The summed E-state index contributed by atoms with van der Waals surface area (Å²) < 4.78 is 27.5. The van der Waals surface area contributed by atoms with Crippen LogP contribution >= 0.6 is 43.2 Å². The fourth-order valence-corrected chi connectivity index (χ4v) is 4.17. The van der Waals surface area contributed by atoms with Crippen LogP contribution in [0, 0.1) is 11.6 Å². The van der Waals surface area contributed by atoms with Crippen LogP contribution in [-0.2, 0) is 0 Å². The van der Waals surface area contributed by atoms with Crippen LogP contribution in [0.5, 0.6) is 0 Å². The van der Waals surface area contributed by atoms with Gasteiger partial charge in [0, 0.05) is 14.9 Å². The van der Waals surface area contributed by atoms with Crippen LogP contribution in [0.15, 0.2) is 34.1 Å². The molecule has 1 atom stereocenters. The Kier molecular flexibility index (Phi) is 3.77. The standard InChI is InChI=1S/C11H6Br2F2S/c12-7-4-5-16-11(7)9(13)6-2-1-3-8(14)10(6)15/h1-5,9H. The zero-order valence-corrected chi connectivity index (χ0v) is 11.9. The van der Waals surface area contributed by atoms with E-state index in [2.05, 4.69) is 31.9 Å². The first-order valence-corrected chi connectivity index (χ1v) is 7.01. The second-order valence-electron chi connectivity index (χ2n) is 3.14. The van der Waals surface area contributed by atoms with E-state index in [1.54, 1.807) is 6.07 Å². The van der Waals surface area contributed by atoms with Crippen molar-refractivity contribution in [2.75, 3.05) is 0 Å². The van der Waals surface area contributed by atoms with Gasteiger partial charge in [0.15, 0.2) is 11.6 Å². The first kappa shape index (κ1) is 12.2. The zero-order chi connectivity index (χ0) is 11.7. The highest BCUT2D eigenvalue weighted by Gasteiger charge is 2.20. The van der Waals surface area contributed by atoms with Gasteiger partial charge in [-0.25, -0.2) is 8.78 Å². The Hall–Kier alpha value is -0.260. The number of hydrogen-bond donors (Lipinski definition) is 0. The van der Waals surface area contributed by atoms with Gasteiger partial charge in [0.05, 0.1) is 4.83 Å². The smallest absolute Gasteiger partial charge is 0.163 e. The van der Waals surface area contributed by atoms with Crippen molar-refractivity contribution >= 4 is 43.2 Å². The van der Waals surface area contributed by atoms with Gasteiger partial charge in [-0.2, -0.15) is 0 Å². The van der Waals surface area contributed by atoms with E-state index in [4.69, 9.17) is 0 Å². The van der Waals surface area contributed by atoms with Gasteiger partial charge in [-0.1, -0.05) is 28.1 Å². The van der Waals surface area contributed by atoms with Crippen LogP contribution in [0.4, 0.5) is 8.78 Å². The summed E-state index contributed by atoms with van der Waals surface area (Å²) in [5.41, 5.74) is 0.308. The van der Waals surface area contributed by atoms with Crippen molar-refractivity contribution < 1.29 is 8.78 Å². The molecule has 84 valence electrons. The minimum Gasteiger partial charge on any atom is -0.204 e. The minimum atomic E-state index is -0.824. The van der Waals surface area contributed by atoms with Crippen LogP contribution in [0.1, 0.15) is 15.3 Å². The van der Waals surface area contributed by atoms with Gasteiger partial charge < -0.3 is 0 Å². The van der Waals surface area contributed by atoms with Crippen molar-refractivity contribution in [3.8, 4) is 0 Å². The van der Waals surface area contributed by atoms with E-state index in [9.17, 15) is 8.78 Å². The lowest BCUT2D eigenvalue weighted by Gasteiger charge is -2.10. The maximum Gasteiger partial charge on any atom is 0.163 e. The summed E-state index contributed by atoms with van der Waals surface area (Å²) in [5, 5.41) is 1.89. The molecule has 1 aromatic heterocycles. The van der Waals surface area contributed by atoms with Crippen molar-refractivity contribution in [2.24, 2.45) is 0 Å². The Bertz CT molecular complexity index is 510. The topological polar surface area (TPSA) is 0 Å². The van der Waals surface area contributed by atoms with Gasteiger partial charge in [-0.3, -0.25) is 0 Å². The van der Waals surface area contributed by atoms with E-state index in [1.807, 2.05) is 11.4 Å². The van der Waals surface area contributed by atoms with Crippen molar-refractivity contribution in [3.63, 3.8) is 0 Å². The third-order valence-electron chi connectivity index (χ3n) is 2.13. The molecular formula is C11H6Br2F2S. The molecule has 16 heavy (non-hydrogen) atoms. The number of halogens is 4. The molecule has 0 aliphatic heterocycles. The summed E-state index contributed by atoms with van der Waals surface area (Å²) in [5.74, 6) is -1.63. The maximum atomic E-state index is 13.6. The highest BCUT2D eigenvalue weighted by molar-refractivity contribution is 9.11.